The van der Waals surface area contributed by atoms with E-state index in [2.05, 4.69) is 0 Å². The van der Waals surface area contributed by atoms with Gasteiger partial charge in [0.05, 0.1) is 6.61 Å². The molecule has 0 aromatic rings. The van der Waals surface area contributed by atoms with Crippen molar-refractivity contribution in [3.8, 4) is 5.81 Å². The molecule has 0 spiro atoms. The van der Waals surface area contributed by atoms with Gasteiger partial charge >= 0.3 is 7.52 Å². The van der Waals surface area contributed by atoms with Gasteiger partial charge in [0.25, 0.3) is 0 Å². The third-order valence-corrected chi connectivity index (χ3v) is 4.36. The highest BCUT2D eigenvalue weighted by molar-refractivity contribution is 7.61. The van der Waals surface area contributed by atoms with Crippen LogP contribution in [0.2, 0.25) is 0 Å². The van der Waals surface area contributed by atoms with Crippen molar-refractivity contribution in [1.29, 1.82) is 5.26 Å². The number of hydrogen-bond acceptors (Lipinski definition) is 3. The number of rotatable bonds is 7. The van der Waals surface area contributed by atoms with Crippen molar-refractivity contribution >= 4 is 7.52 Å². The minimum atomic E-state index is -3.26. The summed E-state index contributed by atoms with van der Waals surface area (Å²) in [5.41, 5.74) is 0. The largest absolute Gasteiger partial charge is 0.371 e. The predicted octanol–water partition coefficient (Wildman–Crippen LogP) is 3.21. The topological polar surface area (TPSA) is 53.3 Å². The fourth-order valence-corrected chi connectivity index (χ4v) is 3.03. The molecule has 1 unspecified atom stereocenters. The van der Waals surface area contributed by atoms with Crippen molar-refractivity contribution < 1.29 is 9.09 Å². The number of unbranched alkanes of at least 4 members (excludes halogenated alkanes) is 1. The van der Waals surface area contributed by atoms with Crippen molar-refractivity contribution in [2.75, 3.05) is 13.2 Å². The minimum absolute atomic E-state index is 0.0575. The van der Waals surface area contributed by atoms with E-state index in [4.69, 9.17) is 9.79 Å². The Balaban J connectivity index is 4.54. The molecule has 0 rings (SSSR count). The normalized spacial score (nSPS) is 15.3. The van der Waals surface area contributed by atoms with Crippen LogP contribution >= 0.6 is 7.52 Å². The molecule has 0 radical (unpaired) electrons. The van der Waals surface area contributed by atoms with Crippen LogP contribution in [0, 0.1) is 11.1 Å². The summed E-state index contributed by atoms with van der Waals surface area (Å²) >= 11 is 0. The first-order valence-electron chi connectivity index (χ1n) is 5.44. The van der Waals surface area contributed by atoms with Crippen molar-refractivity contribution in [1.82, 2.24) is 4.67 Å². The predicted molar refractivity (Wildman–Crippen MR) is 61.6 cm³/mol. The molecule has 0 aliphatic rings. The Morgan fingerprint density at radius 2 is 2.07 bits per heavy atom. The van der Waals surface area contributed by atoms with E-state index in [1.807, 2.05) is 33.5 Å². The lowest BCUT2D eigenvalue weighted by Crippen LogP contribution is -2.28. The first-order chi connectivity index (χ1) is 7.01. The van der Waals surface area contributed by atoms with Gasteiger partial charge in [-0.25, -0.2) is 4.67 Å². The van der Waals surface area contributed by atoms with E-state index < -0.39 is 7.52 Å². The molecule has 0 aliphatic heterocycles. The Hall–Kier alpha value is -0.360. The van der Waals surface area contributed by atoms with Crippen molar-refractivity contribution in [2.45, 2.75) is 46.6 Å². The van der Waals surface area contributed by atoms with Gasteiger partial charge in [-0.05, 0) is 20.3 Å². The maximum Gasteiger partial charge on any atom is 0.371 e. The molecule has 0 bridgehead atoms. The molecule has 0 saturated heterocycles. The molecular formula is C10H21N2O2P. The lowest BCUT2D eigenvalue weighted by molar-refractivity contribution is 0.249. The van der Waals surface area contributed by atoms with Crippen LogP contribution in [0.4, 0.5) is 0 Å². The summed E-state index contributed by atoms with van der Waals surface area (Å²) in [5.74, 6) is 1.83. The van der Waals surface area contributed by atoms with E-state index in [1.54, 1.807) is 4.67 Å². The van der Waals surface area contributed by atoms with Gasteiger partial charge in [0.1, 0.15) is 0 Å². The van der Waals surface area contributed by atoms with E-state index in [-0.39, 0.29) is 6.04 Å². The number of nitrogens with zero attached hydrogens (tertiary/aromatic N) is 2. The van der Waals surface area contributed by atoms with Gasteiger partial charge in [-0.3, -0.25) is 4.57 Å². The Morgan fingerprint density at radius 1 is 1.47 bits per heavy atom. The SMILES string of the molecule is CCCCOP(=O)(C#N)N(CC)C(C)C. The fourth-order valence-electron chi connectivity index (χ4n) is 1.35. The van der Waals surface area contributed by atoms with Crippen LogP contribution in [0.15, 0.2) is 0 Å². The third-order valence-electron chi connectivity index (χ3n) is 2.15. The standard InChI is InChI=1S/C10H21N2O2P/c1-5-7-8-14-15(13,9-11)12(6-2)10(3)4/h10H,5-8H2,1-4H3. The zero-order valence-corrected chi connectivity index (χ0v) is 11.0. The summed E-state index contributed by atoms with van der Waals surface area (Å²) in [5, 5.41) is 8.96. The highest BCUT2D eigenvalue weighted by atomic mass is 31.2. The van der Waals surface area contributed by atoms with Crippen molar-refractivity contribution in [3.63, 3.8) is 0 Å². The molecule has 0 aliphatic carbocycles. The minimum Gasteiger partial charge on any atom is -0.307 e. The van der Waals surface area contributed by atoms with Crippen LogP contribution in [-0.4, -0.2) is 23.9 Å². The van der Waals surface area contributed by atoms with Crippen LogP contribution in [0.1, 0.15) is 40.5 Å². The van der Waals surface area contributed by atoms with Crippen LogP contribution in [-0.2, 0) is 9.09 Å². The van der Waals surface area contributed by atoms with Crippen LogP contribution < -0.4 is 0 Å². The molecule has 0 N–H and O–H groups in total. The van der Waals surface area contributed by atoms with E-state index in [0.717, 1.165) is 12.8 Å². The molecule has 0 fully saturated rings. The average Bonchev–Trinajstić information content (AvgIpc) is 2.18. The molecule has 15 heavy (non-hydrogen) atoms. The molecule has 1 atom stereocenters. The lowest BCUT2D eigenvalue weighted by Gasteiger charge is -2.28. The first kappa shape index (κ1) is 14.6. The molecule has 0 saturated carbocycles. The maximum absolute atomic E-state index is 12.2. The average molecular weight is 232 g/mol. The molecule has 0 heterocycles. The second kappa shape index (κ2) is 7.00. The summed E-state index contributed by atoms with van der Waals surface area (Å²) in [4.78, 5) is 0. The first-order valence-corrected chi connectivity index (χ1v) is 7.02. The van der Waals surface area contributed by atoms with Gasteiger partial charge in [-0.15, -0.1) is 0 Å². The molecule has 0 aromatic heterocycles. The Morgan fingerprint density at radius 3 is 2.40 bits per heavy atom. The van der Waals surface area contributed by atoms with E-state index in [9.17, 15) is 4.57 Å². The quantitative estimate of drug-likeness (QED) is 0.499. The molecular weight excluding hydrogens is 211 g/mol. The van der Waals surface area contributed by atoms with Crippen LogP contribution in [0.5, 0.6) is 0 Å². The summed E-state index contributed by atoms with van der Waals surface area (Å²) in [6.07, 6.45) is 1.81. The Labute approximate surface area is 92.7 Å². The van der Waals surface area contributed by atoms with E-state index >= 15 is 0 Å². The van der Waals surface area contributed by atoms with E-state index in [0.29, 0.717) is 13.2 Å². The van der Waals surface area contributed by atoms with Gasteiger partial charge in [-0.2, -0.15) is 5.26 Å². The fraction of sp³-hybridized carbons (Fsp3) is 0.900. The van der Waals surface area contributed by atoms with Gasteiger partial charge in [0, 0.05) is 12.6 Å². The van der Waals surface area contributed by atoms with Gasteiger partial charge < -0.3 is 4.52 Å². The molecule has 88 valence electrons. The summed E-state index contributed by atoms with van der Waals surface area (Å²) in [7, 11) is -3.26. The highest BCUT2D eigenvalue weighted by Gasteiger charge is 2.32. The second-order valence-electron chi connectivity index (χ2n) is 3.66. The Kier molecular flexibility index (Phi) is 6.84. The van der Waals surface area contributed by atoms with Gasteiger partial charge in [-0.1, -0.05) is 20.3 Å². The lowest BCUT2D eigenvalue weighted by atomic mass is 10.4. The molecule has 0 aromatic carbocycles. The van der Waals surface area contributed by atoms with Crippen LogP contribution in [0.3, 0.4) is 0 Å². The van der Waals surface area contributed by atoms with Crippen molar-refractivity contribution in [2.24, 2.45) is 0 Å². The Bertz CT molecular complexity index is 261. The summed E-state index contributed by atoms with van der Waals surface area (Å²) in [6, 6.07) is 0.0575. The number of hydrogen-bond donors (Lipinski definition) is 0. The molecule has 0 amide bonds. The van der Waals surface area contributed by atoms with E-state index in [1.165, 1.54) is 0 Å². The maximum atomic E-state index is 12.2. The van der Waals surface area contributed by atoms with Crippen molar-refractivity contribution in [3.05, 3.63) is 0 Å². The van der Waals surface area contributed by atoms with Gasteiger partial charge in [0.2, 0.25) is 0 Å². The molecule has 4 nitrogen and oxygen atoms in total. The third kappa shape index (κ3) is 4.34. The van der Waals surface area contributed by atoms with Crippen LogP contribution in [0.25, 0.3) is 0 Å². The summed E-state index contributed by atoms with van der Waals surface area (Å²) in [6.45, 7) is 8.69. The number of nitriles is 1. The highest BCUT2D eigenvalue weighted by Crippen LogP contribution is 2.50. The monoisotopic (exact) mass is 232 g/mol. The summed E-state index contributed by atoms with van der Waals surface area (Å²) < 4.78 is 19.1. The second-order valence-corrected chi connectivity index (χ2v) is 5.67. The molecule has 5 heteroatoms. The zero-order valence-electron chi connectivity index (χ0n) is 10.1. The zero-order chi connectivity index (χ0) is 11.9. The smallest absolute Gasteiger partial charge is 0.307 e. The van der Waals surface area contributed by atoms with Gasteiger partial charge in [0.15, 0.2) is 5.81 Å².